The van der Waals surface area contributed by atoms with E-state index in [4.69, 9.17) is 0 Å². The molecule has 11 fully saturated rings. The van der Waals surface area contributed by atoms with E-state index in [1.165, 1.54) is 118 Å². The van der Waals surface area contributed by atoms with Gasteiger partial charge in [0.15, 0.2) is 0 Å². The quantitative estimate of drug-likeness (QED) is 0.592. The van der Waals surface area contributed by atoms with Crippen molar-refractivity contribution in [1.82, 2.24) is 0 Å². The highest BCUT2D eigenvalue weighted by atomic mass is 14.9. The topological polar surface area (TPSA) is 0 Å². The third-order valence-electron chi connectivity index (χ3n) is 14.5. The lowest BCUT2D eigenvalue weighted by atomic mass is 9.13. The molecule has 18 atom stereocenters. The number of hydrogen-bond acceptors (Lipinski definition) is 0. The van der Waals surface area contributed by atoms with Crippen molar-refractivity contribution >= 4 is 0 Å². The van der Waals surface area contributed by atoms with Crippen molar-refractivity contribution in [3.05, 3.63) is 0 Å². The molecule has 0 aromatic heterocycles. The lowest BCUT2D eigenvalue weighted by molar-refractivity contribution is -0.444. The van der Waals surface area contributed by atoms with Crippen LogP contribution >= 0.6 is 0 Å². The van der Waals surface area contributed by atoms with E-state index in [1.807, 2.05) is 0 Å². The largest absolute Gasteiger partial charge is 0.0467 e. The van der Waals surface area contributed by atoms with Crippen LogP contribution in [0.3, 0.4) is 0 Å². The first-order valence-corrected chi connectivity index (χ1v) is 11.9. The second kappa shape index (κ2) is 2.72. The minimum absolute atomic E-state index is 1.25. The van der Waals surface area contributed by atoms with Gasteiger partial charge in [-0.1, -0.05) is 0 Å². The molecule has 18 unspecified atom stereocenters. The van der Waals surface area contributed by atoms with Gasteiger partial charge in [-0.3, -0.25) is 0 Å². The third kappa shape index (κ3) is 0.674. The van der Waals surface area contributed by atoms with Gasteiger partial charge in [0.05, 0.1) is 0 Å². The maximum Gasteiger partial charge on any atom is -0.0312 e. The van der Waals surface area contributed by atoms with Crippen LogP contribution < -0.4 is 0 Å². The summed E-state index contributed by atoms with van der Waals surface area (Å²) < 4.78 is 0. The van der Waals surface area contributed by atoms with Gasteiger partial charge in [0, 0.05) is 0 Å². The number of fused-ring (bicyclic) bond motifs is 18. The molecule has 0 nitrogen and oxygen atoms in total. The molecule has 0 bridgehead atoms. The first-order valence-electron chi connectivity index (χ1n) is 11.9. The lowest BCUT2D eigenvalue weighted by Gasteiger charge is -2.91. The van der Waals surface area contributed by atoms with Crippen molar-refractivity contribution in [2.75, 3.05) is 0 Å². The lowest BCUT2D eigenvalue weighted by Crippen LogP contribution is -2.87. The molecule has 0 heteroatoms. The highest BCUT2D eigenvalue weighted by Crippen LogP contribution is 2.93. The van der Waals surface area contributed by atoms with Gasteiger partial charge in [-0.05, 0) is 144 Å². The van der Waals surface area contributed by atoms with Crippen molar-refractivity contribution in [2.24, 2.45) is 118 Å². The molecule has 11 aliphatic rings. The smallest absolute Gasteiger partial charge is 0.0312 e. The summed E-state index contributed by atoms with van der Waals surface area (Å²) in [4.78, 5) is 0. The molecular formula is C24H28. The fourth-order valence-electron chi connectivity index (χ4n) is 14.5. The van der Waals surface area contributed by atoms with Crippen LogP contribution in [0.1, 0.15) is 25.7 Å². The third-order valence-corrected chi connectivity index (χ3v) is 14.5. The summed E-state index contributed by atoms with van der Waals surface area (Å²) in [5, 5.41) is 0. The molecule has 0 radical (unpaired) electrons. The van der Waals surface area contributed by atoms with Gasteiger partial charge < -0.3 is 0 Å². The Hall–Kier alpha value is 0. The standard InChI is InChI=1S/C24H28/c1-5-2-9-12(5)8(1)15-16(9)20-19(15)23-21-17-10-3-6-7-4-11(14(7)13(6)10)18(17)22(21)24(20)23/h5-24H,1-4H2. The highest BCUT2D eigenvalue weighted by Gasteiger charge is 2.89. The van der Waals surface area contributed by atoms with Crippen LogP contribution in [0.15, 0.2) is 0 Å². The van der Waals surface area contributed by atoms with Crippen LogP contribution in [0.25, 0.3) is 0 Å². The minimum Gasteiger partial charge on any atom is -0.0467 e. The predicted molar refractivity (Wildman–Crippen MR) is 88.3 cm³/mol. The Bertz CT molecular complexity index is 706. The molecule has 11 rings (SSSR count). The average Bonchev–Trinajstić information content (AvgIpc) is 2.58. The Labute approximate surface area is 144 Å². The van der Waals surface area contributed by atoms with Crippen LogP contribution in [0.4, 0.5) is 0 Å². The molecule has 11 aliphatic carbocycles. The van der Waals surface area contributed by atoms with Gasteiger partial charge in [-0.25, -0.2) is 0 Å². The highest BCUT2D eigenvalue weighted by molar-refractivity contribution is 5.36. The Morgan fingerprint density at radius 2 is 0.625 bits per heavy atom. The molecule has 0 heterocycles. The molecule has 0 aromatic carbocycles. The van der Waals surface area contributed by atoms with Crippen molar-refractivity contribution in [3.8, 4) is 0 Å². The molecule has 124 valence electrons. The van der Waals surface area contributed by atoms with Crippen LogP contribution in [0.5, 0.6) is 0 Å². The fraction of sp³-hybridized carbons (Fsp3) is 1.00. The predicted octanol–water partition coefficient (Wildman–Crippen LogP) is 4.02. The number of hydrogen-bond donors (Lipinski definition) is 0. The Balaban J connectivity index is 1.01. The molecule has 0 spiro atoms. The second-order valence-corrected chi connectivity index (χ2v) is 13.2. The summed E-state index contributed by atoms with van der Waals surface area (Å²) >= 11 is 0. The van der Waals surface area contributed by atoms with Crippen molar-refractivity contribution in [2.45, 2.75) is 25.7 Å². The van der Waals surface area contributed by atoms with E-state index in [-0.39, 0.29) is 0 Å². The van der Waals surface area contributed by atoms with E-state index in [2.05, 4.69) is 0 Å². The molecule has 0 aliphatic heterocycles. The molecular weight excluding hydrogens is 288 g/mol. The van der Waals surface area contributed by atoms with Crippen LogP contribution in [0.2, 0.25) is 0 Å². The molecule has 0 aromatic rings. The summed E-state index contributed by atoms with van der Waals surface area (Å²) in [7, 11) is 0. The average molecular weight is 316 g/mol. The molecule has 11 saturated carbocycles. The summed E-state index contributed by atoms with van der Waals surface area (Å²) in [5.41, 5.74) is 0. The van der Waals surface area contributed by atoms with Gasteiger partial charge in [0.25, 0.3) is 0 Å². The van der Waals surface area contributed by atoms with E-state index in [0.29, 0.717) is 0 Å². The van der Waals surface area contributed by atoms with Crippen molar-refractivity contribution in [3.63, 3.8) is 0 Å². The van der Waals surface area contributed by atoms with E-state index in [1.54, 1.807) is 25.7 Å². The van der Waals surface area contributed by atoms with Gasteiger partial charge in [-0.15, -0.1) is 0 Å². The number of rotatable bonds is 0. The van der Waals surface area contributed by atoms with Gasteiger partial charge in [-0.2, -0.15) is 0 Å². The maximum absolute atomic E-state index is 1.72. The summed E-state index contributed by atoms with van der Waals surface area (Å²) in [6, 6.07) is 0. The summed E-state index contributed by atoms with van der Waals surface area (Å²) in [6.07, 6.45) is 6.82. The summed E-state index contributed by atoms with van der Waals surface area (Å²) in [5.74, 6) is 25.8. The van der Waals surface area contributed by atoms with Crippen LogP contribution in [-0.4, -0.2) is 0 Å². The zero-order valence-electron chi connectivity index (χ0n) is 14.4. The Kier molecular flexibility index (Phi) is 1.24. The zero-order chi connectivity index (χ0) is 14.4. The molecule has 0 saturated heterocycles. The van der Waals surface area contributed by atoms with E-state index in [9.17, 15) is 0 Å². The first-order chi connectivity index (χ1) is 11.9. The normalized spacial score (nSPS) is 94.0. The zero-order valence-corrected chi connectivity index (χ0v) is 14.4. The van der Waals surface area contributed by atoms with E-state index in [0.717, 1.165) is 0 Å². The van der Waals surface area contributed by atoms with Gasteiger partial charge >= 0.3 is 0 Å². The first kappa shape index (κ1) is 11.0. The fourth-order valence-corrected chi connectivity index (χ4v) is 14.5. The second-order valence-electron chi connectivity index (χ2n) is 13.2. The van der Waals surface area contributed by atoms with E-state index >= 15 is 0 Å². The van der Waals surface area contributed by atoms with Gasteiger partial charge in [0.2, 0.25) is 0 Å². The molecule has 0 amide bonds. The van der Waals surface area contributed by atoms with Gasteiger partial charge in [0.1, 0.15) is 0 Å². The van der Waals surface area contributed by atoms with Crippen molar-refractivity contribution < 1.29 is 0 Å². The molecule has 24 heavy (non-hydrogen) atoms. The maximum atomic E-state index is 1.72. The SMILES string of the molecule is C1C2CC3C2C1C1C3C2C1C1C3C4C5CC6C7CC(C7C65)C4C3C21. The Morgan fingerprint density at radius 3 is 1.04 bits per heavy atom. The van der Waals surface area contributed by atoms with Crippen LogP contribution in [-0.2, 0) is 0 Å². The minimum atomic E-state index is 1.25. The summed E-state index contributed by atoms with van der Waals surface area (Å²) in [6.45, 7) is 0. The van der Waals surface area contributed by atoms with Crippen molar-refractivity contribution in [1.29, 1.82) is 0 Å². The Morgan fingerprint density at radius 1 is 0.250 bits per heavy atom. The van der Waals surface area contributed by atoms with Crippen LogP contribution in [0, 0.1) is 118 Å². The molecule has 0 N–H and O–H groups in total. The van der Waals surface area contributed by atoms with E-state index < -0.39 is 0 Å². The monoisotopic (exact) mass is 316 g/mol.